The molecule has 0 amide bonds. The van der Waals surface area contributed by atoms with Gasteiger partial charge in [-0.3, -0.25) is 0 Å². The topological polar surface area (TPSA) is 52.0 Å². The number of nitrogens with two attached hydrogens (primary N) is 2. The Morgan fingerprint density at radius 1 is 0.909 bits per heavy atom. The smallest absolute Gasteiger partial charge is 0.0178 e. The fourth-order valence-corrected chi connectivity index (χ4v) is 1.01. The zero-order valence-electron chi connectivity index (χ0n) is 6.59. The lowest BCUT2D eigenvalue weighted by atomic mass is 10.1. The van der Waals surface area contributed by atoms with Crippen LogP contribution in [-0.2, 0) is 13.0 Å². The van der Waals surface area contributed by atoms with Gasteiger partial charge >= 0.3 is 0 Å². The number of hydrogen-bond acceptors (Lipinski definition) is 2. The molecule has 0 aromatic heterocycles. The molecule has 0 spiro atoms. The van der Waals surface area contributed by atoms with Gasteiger partial charge in [0.15, 0.2) is 0 Å². The first-order chi connectivity index (χ1) is 5.36. The molecule has 0 unspecified atom stereocenters. The average molecular weight is 150 g/mol. The van der Waals surface area contributed by atoms with E-state index in [1.807, 2.05) is 12.1 Å². The zero-order valence-corrected chi connectivity index (χ0v) is 6.59. The standard InChI is InChI=1S/C9H14N2/c10-6-5-8-1-3-9(7-11)4-2-8/h1-4H,5-7,10-11H2. The van der Waals surface area contributed by atoms with Gasteiger partial charge in [0.05, 0.1) is 0 Å². The highest BCUT2D eigenvalue weighted by Crippen LogP contribution is 2.03. The van der Waals surface area contributed by atoms with Gasteiger partial charge in [-0.05, 0) is 24.1 Å². The van der Waals surface area contributed by atoms with Gasteiger partial charge in [-0.2, -0.15) is 0 Å². The molecular weight excluding hydrogens is 136 g/mol. The third-order valence-corrected chi connectivity index (χ3v) is 1.69. The maximum Gasteiger partial charge on any atom is 0.0178 e. The van der Waals surface area contributed by atoms with Gasteiger partial charge in [0.2, 0.25) is 0 Å². The van der Waals surface area contributed by atoms with Crippen LogP contribution in [0.25, 0.3) is 0 Å². The van der Waals surface area contributed by atoms with Crippen molar-refractivity contribution >= 4 is 0 Å². The quantitative estimate of drug-likeness (QED) is 0.664. The minimum absolute atomic E-state index is 0.614. The highest BCUT2D eigenvalue weighted by molar-refractivity contribution is 5.22. The molecule has 0 aliphatic heterocycles. The Kier molecular flexibility index (Phi) is 3.08. The van der Waals surface area contributed by atoms with Crippen LogP contribution in [-0.4, -0.2) is 6.54 Å². The zero-order chi connectivity index (χ0) is 8.10. The van der Waals surface area contributed by atoms with Gasteiger partial charge in [0.1, 0.15) is 0 Å². The molecule has 4 N–H and O–H groups in total. The van der Waals surface area contributed by atoms with Crippen molar-refractivity contribution in [3.05, 3.63) is 35.4 Å². The summed E-state index contributed by atoms with van der Waals surface area (Å²) in [5.74, 6) is 0. The molecule has 0 aliphatic rings. The lowest BCUT2D eigenvalue weighted by Gasteiger charge is -1.99. The van der Waals surface area contributed by atoms with Crippen molar-refractivity contribution in [2.45, 2.75) is 13.0 Å². The molecule has 0 saturated heterocycles. The molecular formula is C9H14N2. The van der Waals surface area contributed by atoms with Gasteiger partial charge in [0.25, 0.3) is 0 Å². The van der Waals surface area contributed by atoms with E-state index in [1.165, 1.54) is 11.1 Å². The molecule has 60 valence electrons. The van der Waals surface area contributed by atoms with Gasteiger partial charge in [-0.25, -0.2) is 0 Å². The van der Waals surface area contributed by atoms with Crippen LogP contribution in [0.1, 0.15) is 11.1 Å². The summed E-state index contributed by atoms with van der Waals surface area (Å²) >= 11 is 0. The molecule has 11 heavy (non-hydrogen) atoms. The van der Waals surface area contributed by atoms with Crippen molar-refractivity contribution in [2.24, 2.45) is 11.5 Å². The Morgan fingerprint density at radius 2 is 1.45 bits per heavy atom. The Hall–Kier alpha value is -0.860. The first-order valence-electron chi connectivity index (χ1n) is 3.84. The van der Waals surface area contributed by atoms with Crippen molar-refractivity contribution < 1.29 is 0 Å². The van der Waals surface area contributed by atoms with E-state index in [-0.39, 0.29) is 0 Å². The van der Waals surface area contributed by atoms with E-state index in [2.05, 4.69) is 12.1 Å². The molecule has 2 nitrogen and oxygen atoms in total. The normalized spacial score (nSPS) is 10.0. The molecule has 0 saturated carbocycles. The van der Waals surface area contributed by atoms with Crippen molar-refractivity contribution in [3.8, 4) is 0 Å². The SMILES string of the molecule is NCCc1ccc(CN)cc1. The Labute approximate surface area is 67.2 Å². The van der Waals surface area contributed by atoms with Crippen LogP contribution >= 0.6 is 0 Å². The van der Waals surface area contributed by atoms with Crippen LogP contribution in [0.5, 0.6) is 0 Å². The van der Waals surface area contributed by atoms with Crippen molar-refractivity contribution in [1.82, 2.24) is 0 Å². The molecule has 0 aliphatic carbocycles. The maximum atomic E-state index is 5.45. The van der Waals surface area contributed by atoms with E-state index in [0.29, 0.717) is 13.1 Å². The van der Waals surface area contributed by atoms with E-state index in [0.717, 1.165) is 6.42 Å². The second-order valence-corrected chi connectivity index (χ2v) is 2.56. The third-order valence-electron chi connectivity index (χ3n) is 1.69. The summed E-state index contributed by atoms with van der Waals surface area (Å²) < 4.78 is 0. The predicted molar refractivity (Wildman–Crippen MR) is 47.1 cm³/mol. The van der Waals surface area contributed by atoms with E-state index in [1.54, 1.807) is 0 Å². The van der Waals surface area contributed by atoms with Gasteiger partial charge in [-0.15, -0.1) is 0 Å². The summed E-state index contributed by atoms with van der Waals surface area (Å²) in [4.78, 5) is 0. The van der Waals surface area contributed by atoms with Gasteiger partial charge in [-0.1, -0.05) is 24.3 Å². The van der Waals surface area contributed by atoms with Crippen LogP contribution in [0.2, 0.25) is 0 Å². The fourth-order valence-electron chi connectivity index (χ4n) is 1.01. The minimum Gasteiger partial charge on any atom is -0.330 e. The summed E-state index contributed by atoms with van der Waals surface area (Å²) in [6, 6.07) is 8.25. The highest BCUT2D eigenvalue weighted by atomic mass is 14.5. The molecule has 1 aromatic rings. The Bertz CT molecular complexity index is 203. The fraction of sp³-hybridized carbons (Fsp3) is 0.333. The van der Waals surface area contributed by atoms with Crippen molar-refractivity contribution in [3.63, 3.8) is 0 Å². The third kappa shape index (κ3) is 2.33. The molecule has 0 radical (unpaired) electrons. The van der Waals surface area contributed by atoms with E-state index in [9.17, 15) is 0 Å². The van der Waals surface area contributed by atoms with Crippen LogP contribution in [0.15, 0.2) is 24.3 Å². The summed E-state index contributed by atoms with van der Waals surface area (Å²) in [6.07, 6.45) is 0.949. The van der Waals surface area contributed by atoms with Gasteiger partial charge in [0, 0.05) is 6.54 Å². The average Bonchev–Trinajstić information content (AvgIpc) is 2.07. The molecule has 0 heterocycles. The van der Waals surface area contributed by atoms with Crippen LogP contribution < -0.4 is 11.5 Å². The number of hydrogen-bond donors (Lipinski definition) is 2. The summed E-state index contributed by atoms with van der Waals surface area (Å²) in [7, 11) is 0. The summed E-state index contributed by atoms with van der Waals surface area (Å²) in [6.45, 7) is 1.32. The van der Waals surface area contributed by atoms with E-state index >= 15 is 0 Å². The molecule has 0 fully saturated rings. The molecule has 0 bridgehead atoms. The van der Waals surface area contributed by atoms with Crippen LogP contribution in [0.3, 0.4) is 0 Å². The van der Waals surface area contributed by atoms with E-state index < -0.39 is 0 Å². The second-order valence-electron chi connectivity index (χ2n) is 2.56. The highest BCUT2D eigenvalue weighted by Gasteiger charge is 1.90. The summed E-state index contributed by atoms with van der Waals surface area (Å²) in [5.41, 5.74) is 13.3. The Morgan fingerprint density at radius 3 is 1.91 bits per heavy atom. The largest absolute Gasteiger partial charge is 0.330 e. The second kappa shape index (κ2) is 4.11. The van der Waals surface area contributed by atoms with Gasteiger partial charge < -0.3 is 11.5 Å². The van der Waals surface area contributed by atoms with E-state index in [4.69, 9.17) is 11.5 Å². The van der Waals surface area contributed by atoms with Crippen molar-refractivity contribution in [2.75, 3.05) is 6.54 Å². The summed E-state index contributed by atoms with van der Waals surface area (Å²) in [5, 5.41) is 0. The Balaban J connectivity index is 2.66. The number of rotatable bonds is 3. The lowest BCUT2D eigenvalue weighted by molar-refractivity contribution is 0.964. The molecule has 0 atom stereocenters. The lowest BCUT2D eigenvalue weighted by Crippen LogP contribution is -2.03. The minimum atomic E-state index is 0.614. The molecule has 1 rings (SSSR count). The molecule has 1 aromatic carbocycles. The predicted octanol–water partition coefficient (Wildman–Crippen LogP) is 0.646. The molecule has 2 heteroatoms. The number of benzene rings is 1. The maximum absolute atomic E-state index is 5.45. The first kappa shape index (κ1) is 8.24. The van der Waals surface area contributed by atoms with Crippen molar-refractivity contribution in [1.29, 1.82) is 0 Å². The van der Waals surface area contributed by atoms with Crippen LogP contribution in [0, 0.1) is 0 Å². The monoisotopic (exact) mass is 150 g/mol. The van der Waals surface area contributed by atoms with Crippen LogP contribution in [0.4, 0.5) is 0 Å². The first-order valence-corrected chi connectivity index (χ1v) is 3.84.